The summed E-state index contributed by atoms with van der Waals surface area (Å²) < 4.78 is 0. The maximum Gasteiger partial charge on any atom is 0.168 e. The summed E-state index contributed by atoms with van der Waals surface area (Å²) >= 11 is 4.94. The van der Waals surface area contributed by atoms with E-state index < -0.39 is 0 Å². The third-order valence-corrected chi connectivity index (χ3v) is 2.08. The molecule has 1 aliphatic heterocycles. The number of hydrogen-bond acceptors (Lipinski definition) is 3. The molecule has 0 radical (unpaired) electrons. The lowest BCUT2D eigenvalue weighted by atomic mass is 10.5. The molecule has 0 saturated carbocycles. The molecule has 4 nitrogen and oxygen atoms in total. The Kier molecular flexibility index (Phi) is 3.71. The molecule has 0 aromatic carbocycles. The average Bonchev–Trinajstić information content (AvgIpc) is 2.03. The normalized spacial score (nSPS) is 19.1. The second-order valence-electron chi connectivity index (χ2n) is 3.20. The van der Waals surface area contributed by atoms with E-state index >= 15 is 0 Å². The molecular formula is C7H16N4S. The summed E-state index contributed by atoms with van der Waals surface area (Å²) in [7, 11) is 4.16. The third-order valence-electron chi connectivity index (χ3n) is 1.79. The van der Waals surface area contributed by atoms with Crippen molar-refractivity contribution >= 4 is 17.3 Å². The van der Waals surface area contributed by atoms with Crippen LogP contribution in [0.25, 0.3) is 0 Å². The predicted octanol–water partition coefficient (Wildman–Crippen LogP) is -0.757. The molecule has 0 aromatic heterocycles. The lowest BCUT2D eigenvalue weighted by Gasteiger charge is -2.30. The van der Waals surface area contributed by atoms with Crippen molar-refractivity contribution in [1.82, 2.24) is 20.4 Å². The van der Waals surface area contributed by atoms with Crippen LogP contribution in [-0.2, 0) is 0 Å². The largest absolute Gasteiger partial charge is 0.350 e. The topological polar surface area (TPSA) is 30.5 Å². The standard InChI is InChI=1S/C7H16N4S/c1-10(2)3-4-11-5-8-7(12)9-6-11/h3-6H2,1-2H3,(H2,8,9,12). The Morgan fingerprint density at radius 2 is 2.00 bits per heavy atom. The van der Waals surface area contributed by atoms with E-state index in [1.165, 1.54) is 0 Å². The first-order valence-electron chi connectivity index (χ1n) is 4.07. The molecule has 0 atom stereocenters. The monoisotopic (exact) mass is 188 g/mol. The Labute approximate surface area is 78.9 Å². The Balaban J connectivity index is 2.13. The molecule has 1 saturated heterocycles. The van der Waals surface area contributed by atoms with Crippen LogP contribution in [0.2, 0.25) is 0 Å². The second-order valence-corrected chi connectivity index (χ2v) is 3.60. The quantitative estimate of drug-likeness (QED) is 0.569. The summed E-state index contributed by atoms with van der Waals surface area (Å²) in [5.41, 5.74) is 0. The minimum absolute atomic E-state index is 0.760. The molecule has 5 heteroatoms. The van der Waals surface area contributed by atoms with E-state index in [2.05, 4.69) is 34.5 Å². The molecule has 0 spiro atoms. The van der Waals surface area contributed by atoms with Gasteiger partial charge in [-0.3, -0.25) is 4.90 Å². The van der Waals surface area contributed by atoms with Crippen molar-refractivity contribution in [2.45, 2.75) is 0 Å². The van der Waals surface area contributed by atoms with Crippen molar-refractivity contribution in [2.24, 2.45) is 0 Å². The second kappa shape index (κ2) is 4.59. The van der Waals surface area contributed by atoms with E-state index in [4.69, 9.17) is 12.2 Å². The van der Waals surface area contributed by atoms with Gasteiger partial charge in [0.15, 0.2) is 5.11 Å². The predicted molar refractivity (Wildman–Crippen MR) is 53.9 cm³/mol. The average molecular weight is 188 g/mol. The summed E-state index contributed by atoms with van der Waals surface area (Å²) in [6.45, 7) is 3.87. The van der Waals surface area contributed by atoms with Crippen molar-refractivity contribution in [3.8, 4) is 0 Å². The first-order valence-corrected chi connectivity index (χ1v) is 4.48. The summed E-state index contributed by atoms with van der Waals surface area (Å²) in [5, 5.41) is 6.93. The van der Waals surface area contributed by atoms with Crippen LogP contribution >= 0.6 is 12.2 Å². The summed E-state index contributed by atoms with van der Waals surface area (Å²) in [6.07, 6.45) is 0. The van der Waals surface area contributed by atoms with Crippen LogP contribution in [0.15, 0.2) is 0 Å². The van der Waals surface area contributed by atoms with Crippen LogP contribution < -0.4 is 10.6 Å². The van der Waals surface area contributed by atoms with Gasteiger partial charge >= 0.3 is 0 Å². The molecule has 1 heterocycles. The smallest absolute Gasteiger partial charge is 0.168 e. The molecule has 0 bridgehead atoms. The Morgan fingerprint density at radius 1 is 1.42 bits per heavy atom. The number of thiocarbonyl (C=S) groups is 1. The Bertz CT molecular complexity index is 149. The van der Waals surface area contributed by atoms with E-state index in [0.29, 0.717) is 0 Å². The molecule has 1 rings (SSSR count). The number of hydrogen-bond donors (Lipinski definition) is 2. The number of nitrogens with zero attached hydrogens (tertiary/aromatic N) is 2. The molecule has 0 unspecified atom stereocenters. The Hall–Kier alpha value is -0.390. The van der Waals surface area contributed by atoms with Crippen LogP contribution in [-0.4, -0.2) is 55.4 Å². The van der Waals surface area contributed by atoms with Gasteiger partial charge in [-0.05, 0) is 26.3 Å². The molecule has 0 amide bonds. The fraction of sp³-hybridized carbons (Fsp3) is 0.857. The van der Waals surface area contributed by atoms with Crippen molar-refractivity contribution in [3.05, 3.63) is 0 Å². The maximum atomic E-state index is 4.94. The zero-order chi connectivity index (χ0) is 8.97. The molecular weight excluding hydrogens is 172 g/mol. The van der Waals surface area contributed by atoms with Gasteiger partial charge in [-0.15, -0.1) is 0 Å². The van der Waals surface area contributed by atoms with Crippen LogP contribution in [0.4, 0.5) is 0 Å². The summed E-state index contributed by atoms with van der Waals surface area (Å²) in [5.74, 6) is 0. The number of rotatable bonds is 3. The van der Waals surface area contributed by atoms with Crippen molar-refractivity contribution in [3.63, 3.8) is 0 Å². The minimum atomic E-state index is 0.760. The fourth-order valence-corrected chi connectivity index (χ4v) is 1.11. The highest BCUT2D eigenvalue weighted by Crippen LogP contribution is 1.89. The molecule has 1 fully saturated rings. The lowest BCUT2D eigenvalue weighted by Crippen LogP contribution is -2.54. The van der Waals surface area contributed by atoms with Gasteiger partial charge in [-0.1, -0.05) is 0 Å². The van der Waals surface area contributed by atoms with E-state index in [0.717, 1.165) is 31.5 Å². The number of nitrogens with one attached hydrogen (secondary N) is 2. The van der Waals surface area contributed by atoms with Crippen LogP contribution in [0.1, 0.15) is 0 Å². The Morgan fingerprint density at radius 3 is 2.50 bits per heavy atom. The van der Waals surface area contributed by atoms with Gasteiger partial charge in [-0.2, -0.15) is 0 Å². The minimum Gasteiger partial charge on any atom is -0.350 e. The third kappa shape index (κ3) is 3.34. The van der Waals surface area contributed by atoms with Gasteiger partial charge in [0.1, 0.15) is 0 Å². The van der Waals surface area contributed by atoms with E-state index in [9.17, 15) is 0 Å². The van der Waals surface area contributed by atoms with Crippen molar-refractivity contribution < 1.29 is 0 Å². The summed E-state index contributed by atoms with van der Waals surface area (Å²) in [6, 6.07) is 0. The van der Waals surface area contributed by atoms with Gasteiger partial charge < -0.3 is 15.5 Å². The van der Waals surface area contributed by atoms with E-state index in [-0.39, 0.29) is 0 Å². The first kappa shape index (κ1) is 9.70. The highest BCUT2D eigenvalue weighted by Gasteiger charge is 2.10. The fourth-order valence-electron chi connectivity index (χ4n) is 0.985. The van der Waals surface area contributed by atoms with Crippen LogP contribution in [0.3, 0.4) is 0 Å². The highest BCUT2D eigenvalue weighted by atomic mass is 32.1. The van der Waals surface area contributed by atoms with Crippen LogP contribution in [0, 0.1) is 0 Å². The van der Waals surface area contributed by atoms with Crippen LogP contribution in [0.5, 0.6) is 0 Å². The van der Waals surface area contributed by atoms with Crippen molar-refractivity contribution in [2.75, 3.05) is 40.5 Å². The van der Waals surface area contributed by atoms with E-state index in [1.54, 1.807) is 0 Å². The molecule has 1 aliphatic rings. The molecule has 2 N–H and O–H groups in total. The molecule has 0 aromatic rings. The van der Waals surface area contributed by atoms with Gasteiger partial charge in [0.05, 0.1) is 13.3 Å². The zero-order valence-corrected chi connectivity index (χ0v) is 8.45. The zero-order valence-electron chi connectivity index (χ0n) is 7.63. The molecule has 0 aliphatic carbocycles. The molecule has 70 valence electrons. The number of likely N-dealkylation sites (N-methyl/N-ethyl adjacent to an activating group) is 1. The van der Waals surface area contributed by atoms with Crippen molar-refractivity contribution in [1.29, 1.82) is 0 Å². The highest BCUT2D eigenvalue weighted by molar-refractivity contribution is 7.80. The van der Waals surface area contributed by atoms with Gasteiger partial charge in [-0.25, -0.2) is 0 Å². The van der Waals surface area contributed by atoms with E-state index in [1.807, 2.05) is 0 Å². The SMILES string of the molecule is CN(C)CCN1CNC(=S)NC1. The first-order chi connectivity index (χ1) is 5.68. The maximum absolute atomic E-state index is 4.94. The summed E-state index contributed by atoms with van der Waals surface area (Å²) in [4.78, 5) is 4.45. The van der Waals surface area contributed by atoms with Gasteiger partial charge in [0.2, 0.25) is 0 Å². The molecule has 12 heavy (non-hydrogen) atoms. The lowest BCUT2D eigenvalue weighted by molar-refractivity contribution is 0.218. The van der Waals surface area contributed by atoms with Gasteiger partial charge in [0, 0.05) is 13.1 Å². The van der Waals surface area contributed by atoms with Gasteiger partial charge in [0.25, 0.3) is 0 Å².